The minimum absolute atomic E-state index is 0.806. The third-order valence-corrected chi connectivity index (χ3v) is 1.48. The van der Waals surface area contributed by atoms with Crippen LogP contribution in [0.15, 0.2) is 18.2 Å². The molecule has 4 nitrogen and oxygen atoms in total. The Bertz CT molecular complexity index is 264. The average molecular weight is 213 g/mol. The van der Waals surface area contributed by atoms with Crippen molar-refractivity contribution in [3.63, 3.8) is 0 Å². The number of hydrogen-bond donors (Lipinski definition) is 1. The summed E-state index contributed by atoms with van der Waals surface area (Å²) in [5.74, 6) is 0.853. The Morgan fingerprint density at radius 3 is 2.00 bits per heavy atom. The van der Waals surface area contributed by atoms with Gasteiger partial charge in [0.2, 0.25) is 0 Å². The van der Waals surface area contributed by atoms with Gasteiger partial charge in [0.1, 0.15) is 12.5 Å². The molecule has 86 valence electrons. The van der Waals surface area contributed by atoms with Crippen LogP contribution in [0.5, 0.6) is 5.75 Å². The molecule has 0 aliphatic carbocycles. The fourth-order valence-corrected chi connectivity index (χ4v) is 0.775. The molecule has 0 aromatic heterocycles. The van der Waals surface area contributed by atoms with Crippen molar-refractivity contribution in [3.8, 4) is 5.75 Å². The Balaban J connectivity index is 0. The van der Waals surface area contributed by atoms with E-state index >= 15 is 0 Å². The molecule has 0 bridgehead atoms. The minimum Gasteiger partial charge on any atom is -0.497 e. The number of benzene rings is 1. The van der Waals surface area contributed by atoms with E-state index in [0.29, 0.717) is 0 Å². The van der Waals surface area contributed by atoms with E-state index in [1.165, 1.54) is 0 Å². The van der Waals surface area contributed by atoms with Crippen LogP contribution in [0, 0.1) is 6.92 Å². The second-order valence-electron chi connectivity index (χ2n) is 2.63. The maximum Gasteiger partial charge on any atom is 0.119 e. The van der Waals surface area contributed by atoms with Gasteiger partial charge in [0, 0.05) is 19.9 Å². The normalized spacial score (nSPS) is 7.73. The number of methoxy groups -OCH3 is 2. The summed E-state index contributed by atoms with van der Waals surface area (Å²) >= 11 is 0. The first kappa shape index (κ1) is 15.9. The monoisotopic (exact) mass is 213 g/mol. The lowest BCUT2D eigenvalue weighted by Crippen LogP contribution is -1.90. The standard InChI is InChI=1S/C8H11NO.C2H6O.CH2O/c1-6-5-7(10-2)3-4-8(6)9;1-3-2;1-2/h3-5H,9H2,1-2H3;1-2H3;1H2. The van der Waals surface area contributed by atoms with Crippen molar-refractivity contribution >= 4 is 12.5 Å². The molecule has 0 saturated carbocycles. The molecule has 0 radical (unpaired) electrons. The van der Waals surface area contributed by atoms with Crippen LogP contribution < -0.4 is 10.5 Å². The van der Waals surface area contributed by atoms with Gasteiger partial charge in [-0.15, -0.1) is 0 Å². The largest absolute Gasteiger partial charge is 0.497 e. The molecule has 0 spiro atoms. The summed E-state index contributed by atoms with van der Waals surface area (Å²) in [5, 5.41) is 0. The van der Waals surface area contributed by atoms with Crippen molar-refractivity contribution < 1.29 is 14.3 Å². The van der Waals surface area contributed by atoms with Crippen LogP contribution in [0.3, 0.4) is 0 Å². The Morgan fingerprint density at radius 1 is 1.20 bits per heavy atom. The van der Waals surface area contributed by atoms with Gasteiger partial charge in [-0.2, -0.15) is 0 Å². The van der Waals surface area contributed by atoms with Crippen molar-refractivity contribution in [1.82, 2.24) is 0 Å². The first-order chi connectivity index (χ1) is 7.15. The molecule has 0 aliphatic heterocycles. The first-order valence-corrected chi connectivity index (χ1v) is 4.24. The lowest BCUT2D eigenvalue weighted by molar-refractivity contribution is -0.0979. The van der Waals surface area contributed by atoms with Gasteiger partial charge in [-0.1, -0.05) is 0 Å². The van der Waals surface area contributed by atoms with Crippen LogP contribution in [-0.4, -0.2) is 28.1 Å². The molecule has 15 heavy (non-hydrogen) atoms. The quantitative estimate of drug-likeness (QED) is 0.721. The van der Waals surface area contributed by atoms with Crippen molar-refractivity contribution in [1.29, 1.82) is 0 Å². The summed E-state index contributed by atoms with van der Waals surface area (Å²) in [6.07, 6.45) is 0. The Morgan fingerprint density at radius 2 is 1.67 bits per heavy atom. The lowest BCUT2D eigenvalue weighted by atomic mass is 10.2. The van der Waals surface area contributed by atoms with Gasteiger partial charge in [-0.25, -0.2) is 0 Å². The van der Waals surface area contributed by atoms with E-state index in [1.807, 2.05) is 31.9 Å². The van der Waals surface area contributed by atoms with Crippen LogP contribution in [0.4, 0.5) is 5.69 Å². The van der Waals surface area contributed by atoms with Crippen LogP contribution in [0.1, 0.15) is 5.56 Å². The molecule has 0 heterocycles. The maximum atomic E-state index is 8.00. The fourth-order valence-electron chi connectivity index (χ4n) is 0.775. The number of ether oxygens (including phenoxy) is 2. The van der Waals surface area contributed by atoms with Gasteiger partial charge in [-0.05, 0) is 30.7 Å². The van der Waals surface area contributed by atoms with Gasteiger partial charge in [-0.3, -0.25) is 0 Å². The smallest absolute Gasteiger partial charge is 0.119 e. The molecular formula is C11H19NO3. The second-order valence-corrected chi connectivity index (χ2v) is 2.63. The van der Waals surface area contributed by atoms with Crippen molar-refractivity contribution in [2.45, 2.75) is 6.92 Å². The number of carbonyl (C=O) groups is 1. The van der Waals surface area contributed by atoms with Gasteiger partial charge in [0.15, 0.2) is 0 Å². The molecule has 1 rings (SSSR count). The van der Waals surface area contributed by atoms with Crippen LogP contribution >= 0.6 is 0 Å². The van der Waals surface area contributed by atoms with E-state index in [9.17, 15) is 0 Å². The van der Waals surface area contributed by atoms with Gasteiger partial charge < -0.3 is 20.0 Å². The van der Waals surface area contributed by atoms with E-state index < -0.39 is 0 Å². The Labute approximate surface area is 91.0 Å². The summed E-state index contributed by atoms with van der Waals surface area (Å²) in [7, 11) is 4.89. The van der Waals surface area contributed by atoms with Crippen molar-refractivity contribution in [2.24, 2.45) is 0 Å². The molecule has 0 atom stereocenters. The topological polar surface area (TPSA) is 61.5 Å². The average Bonchev–Trinajstić information content (AvgIpc) is 2.26. The molecule has 0 aliphatic rings. The zero-order valence-electron chi connectivity index (χ0n) is 9.74. The summed E-state index contributed by atoms with van der Waals surface area (Å²) < 4.78 is 9.24. The van der Waals surface area contributed by atoms with E-state index in [0.717, 1.165) is 17.0 Å². The van der Waals surface area contributed by atoms with E-state index in [-0.39, 0.29) is 0 Å². The molecule has 0 fully saturated rings. The number of nitrogens with two attached hydrogens (primary N) is 1. The van der Waals surface area contributed by atoms with E-state index in [1.54, 1.807) is 21.3 Å². The Hall–Kier alpha value is -1.55. The zero-order chi connectivity index (χ0) is 12.3. The van der Waals surface area contributed by atoms with Crippen molar-refractivity contribution in [3.05, 3.63) is 23.8 Å². The van der Waals surface area contributed by atoms with E-state index in [2.05, 4.69) is 4.74 Å². The third kappa shape index (κ3) is 7.52. The predicted octanol–water partition coefficient (Wildman–Crippen LogP) is 1.66. The van der Waals surface area contributed by atoms with Gasteiger partial charge in [0.05, 0.1) is 7.11 Å². The number of carbonyl (C=O) groups excluding carboxylic acids is 1. The molecule has 0 unspecified atom stereocenters. The van der Waals surface area contributed by atoms with Crippen LogP contribution in [0.25, 0.3) is 0 Å². The molecule has 1 aromatic carbocycles. The highest BCUT2D eigenvalue weighted by Gasteiger charge is 1.93. The fraction of sp³-hybridized carbons (Fsp3) is 0.364. The maximum absolute atomic E-state index is 8.00. The second kappa shape index (κ2) is 10.5. The van der Waals surface area contributed by atoms with Crippen LogP contribution in [0.2, 0.25) is 0 Å². The molecular weight excluding hydrogens is 194 g/mol. The molecule has 4 heteroatoms. The first-order valence-electron chi connectivity index (χ1n) is 4.24. The number of anilines is 1. The van der Waals surface area contributed by atoms with Gasteiger partial charge >= 0.3 is 0 Å². The predicted molar refractivity (Wildman–Crippen MR) is 62.2 cm³/mol. The summed E-state index contributed by atoms with van der Waals surface area (Å²) in [4.78, 5) is 8.00. The summed E-state index contributed by atoms with van der Waals surface area (Å²) in [5.41, 5.74) is 7.45. The highest BCUT2D eigenvalue weighted by atomic mass is 16.5. The summed E-state index contributed by atoms with van der Waals surface area (Å²) in [6, 6.07) is 5.60. The summed E-state index contributed by atoms with van der Waals surface area (Å²) in [6.45, 7) is 3.96. The van der Waals surface area contributed by atoms with Crippen LogP contribution in [-0.2, 0) is 9.53 Å². The minimum atomic E-state index is 0.806. The highest BCUT2D eigenvalue weighted by molar-refractivity contribution is 5.49. The molecule has 0 amide bonds. The molecule has 2 N–H and O–H groups in total. The number of hydrogen-bond acceptors (Lipinski definition) is 4. The lowest BCUT2D eigenvalue weighted by Gasteiger charge is -2.02. The molecule has 1 aromatic rings. The SMILES string of the molecule is C=O.COC.COc1ccc(N)c(C)c1. The number of rotatable bonds is 1. The number of nitrogen functional groups attached to an aromatic ring is 1. The zero-order valence-corrected chi connectivity index (χ0v) is 9.74. The molecule has 0 saturated heterocycles. The van der Waals surface area contributed by atoms with Crippen molar-refractivity contribution in [2.75, 3.05) is 27.1 Å². The highest BCUT2D eigenvalue weighted by Crippen LogP contribution is 2.17. The van der Waals surface area contributed by atoms with E-state index in [4.69, 9.17) is 15.3 Å². The number of aryl methyl sites for hydroxylation is 1. The third-order valence-electron chi connectivity index (χ3n) is 1.48. The van der Waals surface area contributed by atoms with Gasteiger partial charge in [0.25, 0.3) is 0 Å². The Kier molecular flexibility index (Phi) is 11.2.